The van der Waals surface area contributed by atoms with Crippen molar-refractivity contribution in [3.05, 3.63) is 115 Å². The van der Waals surface area contributed by atoms with Crippen LogP contribution in [0.2, 0.25) is 0 Å². The first-order valence-electron chi connectivity index (χ1n) is 13.4. The van der Waals surface area contributed by atoms with E-state index < -0.39 is 67.5 Å². The number of nitrogens with zero attached hydrogens (tertiary/aromatic N) is 3. The van der Waals surface area contributed by atoms with E-state index in [4.69, 9.17) is 9.47 Å². The van der Waals surface area contributed by atoms with E-state index in [1.54, 1.807) is 43.3 Å². The second kappa shape index (κ2) is 13.7. The van der Waals surface area contributed by atoms with Crippen LogP contribution in [0.1, 0.15) is 34.1 Å². The number of benzene rings is 3. The lowest BCUT2D eigenvalue weighted by Gasteiger charge is -2.18. The summed E-state index contributed by atoms with van der Waals surface area (Å²) in [4.78, 5) is 63.8. The smallest absolute Gasteiger partial charge is 0.338 e. The Morgan fingerprint density at radius 3 is 1.74 bits per heavy atom. The first-order chi connectivity index (χ1) is 20.2. The summed E-state index contributed by atoms with van der Waals surface area (Å²) in [5, 5.41) is 22.8. The van der Waals surface area contributed by atoms with E-state index >= 15 is 0 Å². The van der Waals surface area contributed by atoms with Crippen molar-refractivity contribution in [1.82, 2.24) is 13.7 Å². The molecule has 2 N–H and O–H groups in total. The van der Waals surface area contributed by atoms with Crippen LogP contribution in [0.3, 0.4) is 0 Å². The number of ether oxygens (including phenoxy) is 2. The summed E-state index contributed by atoms with van der Waals surface area (Å²) < 4.78 is 12.4. The van der Waals surface area contributed by atoms with Gasteiger partial charge in [-0.05, 0) is 41.5 Å². The summed E-state index contributed by atoms with van der Waals surface area (Å²) in [6, 6.07) is 20.5. The van der Waals surface area contributed by atoms with Crippen LogP contribution in [0.5, 0.6) is 0 Å². The first kappa shape index (κ1) is 30.2. The highest BCUT2D eigenvalue weighted by atomic mass is 16.5. The highest BCUT2D eigenvalue weighted by Gasteiger charge is 2.21. The summed E-state index contributed by atoms with van der Waals surface area (Å²) in [7, 11) is 0. The van der Waals surface area contributed by atoms with Gasteiger partial charge in [-0.2, -0.15) is 0 Å². The van der Waals surface area contributed by atoms with Gasteiger partial charge in [0.15, 0.2) is 0 Å². The van der Waals surface area contributed by atoms with Gasteiger partial charge in [0.05, 0.1) is 24.2 Å². The van der Waals surface area contributed by atoms with Crippen molar-refractivity contribution >= 4 is 22.7 Å². The van der Waals surface area contributed by atoms with Gasteiger partial charge in [0.25, 0.3) is 0 Å². The van der Waals surface area contributed by atoms with Crippen LogP contribution < -0.4 is 17.1 Å². The van der Waals surface area contributed by atoms with Gasteiger partial charge in [0.1, 0.15) is 25.4 Å². The fourth-order valence-corrected chi connectivity index (χ4v) is 4.34. The van der Waals surface area contributed by atoms with Gasteiger partial charge in [-0.1, -0.05) is 55.5 Å². The van der Waals surface area contributed by atoms with Gasteiger partial charge < -0.3 is 19.7 Å². The summed E-state index contributed by atoms with van der Waals surface area (Å²) >= 11 is 0. The molecule has 2 atom stereocenters. The molecule has 0 saturated carbocycles. The molecule has 0 fully saturated rings. The van der Waals surface area contributed by atoms with Crippen molar-refractivity contribution in [2.45, 2.75) is 45.2 Å². The van der Waals surface area contributed by atoms with E-state index in [0.717, 1.165) is 15.3 Å². The summed E-state index contributed by atoms with van der Waals surface area (Å²) in [6.45, 7) is -0.487. The van der Waals surface area contributed by atoms with E-state index in [-0.39, 0.29) is 17.7 Å². The van der Waals surface area contributed by atoms with E-state index in [0.29, 0.717) is 15.6 Å². The molecule has 12 heteroatoms. The van der Waals surface area contributed by atoms with Crippen LogP contribution in [0.15, 0.2) is 87.2 Å². The molecule has 4 aromatic rings. The predicted octanol–water partition coefficient (Wildman–Crippen LogP) is 1.17. The number of aliphatic hydroxyl groups excluding tert-OH is 2. The Hall–Kier alpha value is -4.81. The first-order valence-corrected chi connectivity index (χ1v) is 13.4. The molecule has 220 valence electrons. The van der Waals surface area contributed by atoms with Crippen LogP contribution in [-0.2, 0) is 29.1 Å². The summed E-state index contributed by atoms with van der Waals surface area (Å²) in [5.74, 6) is -1.40. The van der Waals surface area contributed by atoms with Gasteiger partial charge in [-0.3, -0.25) is 0 Å². The Morgan fingerprint density at radius 1 is 0.667 bits per heavy atom. The molecule has 42 heavy (non-hydrogen) atoms. The average molecular weight is 578 g/mol. The largest absolute Gasteiger partial charge is 0.459 e. The van der Waals surface area contributed by atoms with Gasteiger partial charge >= 0.3 is 29.0 Å². The number of aromatic nitrogens is 3. The van der Waals surface area contributed by atoms with Gasteiger partial charge in [-0.15, -0.1) is 0 Å². The average Bonchev–Trinajstić information content (AvgIpc) is 3.01. The molecule has 12 nitrogen and oxygen atoms in total. The third-order valence-electron chi connectivity index (χ3n) is 6.43. The zero-order valence-corrected chi connectivity index (χ0v) is 22.9. The third kappa shape index (κ3) is 7.09. The van der Waals surface area contributed by atoms with Gasteiger partial charge in [0.2, 0.25) is 0 Å². The number of fused-ring (bicyclic) bond motifs is 1. The van der Waals surface area contributed by atoms with Gasteiger partial charge in [-0.25, -0.2) is 37.7 Å². The Bertz CT molecular complexity index is 1740. The Balaban J connectivity index is 1.47. The van der Waals surface area contributed by atoms with Crippen molar-refractivity contribution in [2.75, 3.05) is 13.2 Å². The molecule has 0 aliphatic heterocycles. The van der Waals surface area contributed by atoms with Crippen molar-refractivity contribution in [3.63, 3.8) is 0 Å². The summed E-state index contributed by atoms with van der Waals surface area (Å²) in [5.41, 5.74) is -2.46. The number of carbonyl (C=O) groups is 2. The highest BCUT2D eigenvalue weighted by Crippen LogP contribution is 2.16. The minimum Gasteiger partial charge on any atom is -0.459 e. The molecule has 0 bridgehead atoms. The number of hydrogen-bond donors (Lipinski definition) is 2. The zero-order chi connectivity index (χ0) is 30.2. The van der Waals surface area contributed by atoms with Crippen molar-refractivity contribution in [3.8, 4) is 0 Å². The molecule has 3 aromatic carbocycles. The molecule has 0 saturated heterocycles. The standard InChI is InChI=1S/C30H31N3O9/c1-2-14-31-28(38)32(16-24(34)18-41-26(36)21-9-4-3-5-10-21)30(40)33(29(31)39)17-25(35)19-42-27(37)23-13-12-20-8-6-7-11-22(20)15-23/h3-13,15,24-25,34-35H,2,14,16-19H2,1H3. The van der Waals surface area contributed by atoms with Crippen LogP contribution in [0.25, 0.3) is 10.8 Å². The Labute approximate surface area is 239 Å². The highest BCUT2D eigenvalue weighted by molar-refractivity contribution is 5.95. The fraction of sp³-hybridized carbons (Fsp3) is 0.300. The van der Waals surface area contributed by atoms with E-state index in [1.165, 1.54) is 12.1 Å². The Kier molecular flexibility index (Phi) is 9.84. The molecule has 4 rings (SSSR count). The number of esters is 2. The van der Waals surface area contributed by atoms with E-state index in [2.05, 4.69) is 0 Å². The minimum atomic E-state index is -1.46. The maximum atomic E-state index is 13.2. The maximum absolute atomic E-state index is 13.2. The second-order valence-corrected chi connectivity index (χ2v) is 9.65. The SMILES string of the molecule is CCCn1c(=O)n(CC(O)COC(=O)c2ccccc2)c(=O)n(CC(O)COC(=O)c2ccc3ccccc3c2)c1=O. The van der Waals surface area contributed by atoms with Crippen LogP contribution in [-0.4, -0.2) is 61.3 Å². The monoisotopic (exact) mass is 577 g/mol. The molecule has 1 aromatic heterocycles. The van der Waals surface area contributed by atoms with Crippen molar-refractivity contribution < 1.29 is 29.3 Å². The number of carbonyl (C=O) groups excluding carboxylic acids is 2. The van der Waals surface area contributed by atoms with Crippen LogP contribution in [0.4, 0.5) is 0 Å². The van der Waals surface area contributed by atoms with Gasteiger partial charge in [0, 0.05) is 6.54 Å². The van der Waals surface area contributed by atoms with E-state index in [9.17, 15) is 34.2 Å². The third-order valence-corrected chi connectivity index (χ3v) is 6.43. The summed E-state index contributed by atoms with van der Waals surface area (Å²) in [6.07, 6.45) is -2.52. The molecular formula is C30H31N3O9. The Morgan fingerprint density at radius 2 is 1.17 bits per heavy atom. The van der Waals surface area contributed by atoms with Crippen molar-refractivity contribution in [1.29, 1.82) is 0 Å². The number of rotatable bonds is 12. The fourth-order valence-electron chi connectivity index (χ4n) is 4.34. The number of hydrogen-bond acceptors (Lipinski definition) is 9. The number of aliphatic hydroxyl groups is 2. The molecule has 0 amide bonds. The molecule has 0 spiro atoms. The maximum Gasteiger partial charge on any atom is 0.338 e. The molecular weight excluding hydrogens is 546 g/mol. The minimum absolute atomic E-state index is 0.0237. The molecule has 1 heterocycles. The topological polar surface area (TPSA) is 159 Å². The normalized spacial score (nSPS) is 12.5. The quantitative estimate of drug-likeness (QED) is 0.236. The lowest BCUT2D eigenvalue weighted by atomic mass is 10.1. The zero-order valence-electron chi connectivity index (χ0n) is 22.9. The van der Waals surface area contributed by atoms with Crippen LogP contribution in [0, 0.1) is 0 Å². The molecule has 2 unspecified atom stereocenters. The lowest BCUT2D eigenvalue weighted by molar-refractivity contribution is 0.0189. The predicted molar refractivity (Wildman–Crippen MR) is 152 cm³/mol. The second-order valence-electron chi connectivity index (χ2n) is 9.65. The molecule has 0 radical (unpaired) electrons. The molecule has 0 aliphatic carbocycles. The van der Waals surface area contributed by atoms with Crippen LogP contribution >= 0.6 is 0 Å². The molecule has 0 aliphatic rings. The van der Waals surface area contributed by atoms with Crippen molar-refractivity contribution in [2.24, 2.45) is 0 Å². The van der Waals surface area contributed by atoms with E-state index in [1.807, 2.05) is 24.3 Å². The lowest BCUT2D eigenvalue weighted by Crippen LogP contribution is -2.56.